The first kappa shape index (κ1) is 15.4. The molecule has 0 saturated heterocycles. The molecule has 2 aromatic rings. The van der Waals surface area contributed by atoms with E-state index in [1.54, 1.807) is 0 Å². The van der Waals surface area contributed by atoms with E-state index in [0.717, 1.165) is 28.6 Å². The van der Waals surface area contributed by atoms with Crippen molar-refractivity contribution in [3.05, 3.63) is 68.4 Å². The smallest absolute Gasteiger partial charge is 0.271 e. The summed E-state index contributed by atoms with van der Waals surface area (Å²) in [6.07, 6.45) is 0.726. The number of anilines is 1. The Labute approximate surface area is 130 Å². The van der Waals surface area contributed by atoms with E-state index in [-0.39, 0.29) is 17.4 Å². The summed E-state index contributed by atoms with van der Waals surface area (Å²) >= 11 is 3.37. The van der Waals surface area contributed by atoms with Gasteiger partial charge in [0.15, 0.2) is 0 Å². The largest absolute Gasteiger partial charge is 0.376 e. The summed E-state index contributed by atoms with van der Waals surface area (Å²) in [7, 11) is 0. The fraction of sp³-hybridized carbons (Fsp3) is 0.200. The van der Waals surface area contributed by atoms with Gasteiger partial charge in [-0.2, -0.15) is 0 Å². The fourth-order valence-electron chi connectivity index (χ4n) is 2.04. The molecule has 1 atom stereocenters. The maximum absolute atomic E-state index is 13.8. The second-order valence-corrected chi connectivity index (χ2v) is 5.49. The third-order valence-corrected chi connectivity index (χ3v) is 3.70. The second-order valence-electron chi connectivity index (χ2n) is 4.58. The number of non-ortho nitro benzene ring substituents is 1. The van der Waals surface area contributed by atoms with Crippen molar-refractivity contribution in [2.45, 2.75) is 19.4 Å². The van der Waals surface area contributed by atoms with Crippen molar-refractivity contribution in [1.82, 2.24) is 0 Å². The minimum absolute atomic E-state index is 0.116. The van der Waals surface area contributed by atoms with Crippen LogP contribution in [0.5, 0.6) is 0 Å². The maximum Gasteiger partial charge on any atom is 0.271 e. The molecule has 0 aliphatic carbocycles. The lowest BCUT2D eigenvalue weighted by Crippen LogP contribution is -2.11. The van der Waals surface area contributed by atoms with Gasteiger partial charge in [0.05, 0.1) is 16.7 Å². The molecule has 0 fully saturated rings. The number of halogens is 2. The normalized spacial score (nSPS) is 12.0. The van der Waals surface area contributed by atoms with Gasteiger partial charge in [-0.15, -0.1) is 0 Å². The quantitative estimate of drug-likeness (QED) is 0.604. The molecule has 0 spiro atoms. The maximum atomic E-state index is 13.8. The molecule has 21 heavy (non-hydrogen) atoms. The molecular formula is C15H14BrFN2O2. The predicted molar refractivity (Wildman–Crippen MR) is 83.9 cm³/mol. The summed E-state index contributed by atoms with van der Waals surface area (Å²) in [6.45, 7) is 1.97. The van der Waals surface area contributed by atoms with Gasteiger partial charge in [-0.05, 0) is 30.2 Å². The average molecular weight is 353 g/mol. The van der Waals surface area contributed by atoms with Gasteiger partial charge in [0, 0.05) is 16.6 Å². The molecule has 0 aromatic heterocycles. The summed E-state index contributed by atoms with van der Waals surface area (Å²) in [6, 6.07) is 11.0. The highest BCUT2D eigenvalue weighted by Gasteiger charge is 2.15. The van der Waals surface area contributed by atoms with Crippen LogP contribution < -0.4 is 5.32 Å². The first-order valence-corrected chi connectivity index (χ1v) is 7.26. The summed E-state index contributed by atoms with van der Waals surface area (Å²) in [5.41, 5.74) is 0.995. The van der Waals surface area contributed by atoms with Crippen LogP contribution in [-0.2, 0) is 0 Å². The highest BCUT2D eigenvalue weighted by molar-refractivity contribution is 9.10. The molecule has 0 aliphatic heterocycles. The fourth-order valence-corrected chi connectivity index (χ4v) is 2.31. The van der Waals surface area contributed by atoms with Crippen LogP contribution in [0.15, 0.2) is 46.9 Å². The van der Waals surface area contributed by atoms with Gasteiger partial charge in [0.1, 0.15) is 5.82 Å². The van der Waals surface area contributed by atoms with Gasteiger partial charge in [-0.1, -0.05) is 35.0 Å². The number of hydrogen-bond donors (Lipinski definition) is 1. The van der Waals surface area contributed by atoms with Crippen LogP contribution in [0.25, 0.3) is 0 Å². The first-order chi connectivity index (χ1) is 10.0. The van der Waals surface area contributed by atoms with Crippen molar-refractivity contribution < 1.29 is 9.31 Å². The molecular weight excluding hydrogens is 339 g/mol. The van der Waals surface area contributed by atoms with Crippen molar-refractivity contribution >= 4 is 27.3 Å². The Morgan fingerprint density at radius 1 is 1.29 bits per heavy atom. The Bertz CT molecular complexity index is 647. The number of rotatable bonds is 5. The van der Waals surface area contributed by atoms with Gasteiger partial charge >= 0.3 is 0 Å². The molecule has 0 heterocycles. The Balaban J connectivity index is 2.28. The van der Waals surface area contributed by atoms with Gasteiger partial charge in [0.25, 0.3) is 5.69 Å². The number of hydrogen-bond acceptors (Lipinski definition) is 3. The summed E-state index contributed by atoms with van der Waals surface area (Å²) in [5.74, 6) is -0.504. The van der Waals surface area contributed by atoms with E-state index in [4.69, 9.17) is 0 Å². The first-order valence-electron chi connectivity index (χ1n) is 6.47. The van der Waals surface area contributed by atoms with E-state index in [1.807, 2.05) is 31.2 Å². The van der Waals surface area contributed by atoms with E-state index < -0.39 is 10.7 Å². The van der Waals surface area contributed by atoms with E-state index in [9.17, 15) is 14.5 Å². The van der Waals surface area contributed by atoms with Crippen molar-refractivity contribution in [1.29, 1.82) is 0 Å². The molecule has 0 amide bonds. The number of nitrogens with zero attached hydrogens (tertiary/aromatic N) is 1. The highest BCUT2D eigenvalue weighted by Crippen LogP contribution is 2.28. The summed E-state index contributed by atoms with van der Waals surface area (Å²) in [5, 5.41) is 13.8. The Hall–Kier alpha value is -1.95. The minimum Gasteiger partial charge on any atom is -0.376 e. The van der Waals surface area contributed by atoms with Crippen LogP contribution in [0.1, 0.15) is 24.9 Å². The molecule has 2 aromatic carbocycles. The zero-order valence-corrected chi connectivity index (χ0v) is 12.9. The Morgan fingerprint density at radius 3 is 2.52 bits per heavy atom. The van der Waals surface area contributed by atoms with E-state index in [1.165, 1.54) is 6.07 Å². The Morgan fingerprint density at radius 2 is 1.95 bits per heavy atom. The van der Waals surface area contributed by atoms with Crippen LogP contribution in [-0.4, -0.2) is 4.92 Å². The lowest BCUT2D eigenvalue weighted by atomic mass is 10.0. The third kappa shape index (κ3) is 3.78. The molecule has 0 radical (unpaired) electrons. The predicted octanol–water partition coefficient (Wildman–Crippen LogP) is 5.06. The lowest BCUT2D eigenvalue weighted by Gasteiger charge is -2.19. The van der Waals surface area contributed by atoms with Crippen LogP contribution in [0.4, 0.5) is 15.8 Å². The van der Waals surface area contributed by atoms with Crippen LogP contribution in [0.2, 0.25) is 0 Å². The highest BCUT2D eigenvalue weighted by atomic mass is 79.9. The second kappa shape index (κ2) is 6.67. The number of nitro benzene ring substituents is 1. The summed E-state index contributed by atoms with van der Waals surface area (Å²) < 4.78 is 14.8. The minimum atomic E-state index is -0.537. The van der Waals surface area contributed by atoms with Crippen molar-refractivity contribution in [2.75, 3.05) is 5.32 Å². The zero-order chi connectivity index (χ0) is 15.4. The zero-order valence-electron chi connectivity index (χ0n) is 11.3. The lowest BCUT2D eigenvalue weighted by molar-refractivity contribution is -0.384. The Kier molecular flexibility index (Phi) is 4.90. The SMILES string of the molecule is CCC(Nc1cc([N+](=O)[O-])ccc1F)c1ccc(Br)cc1. The van der Waals surface area contributed by atoms with Gasteiger partial charge in [0.2, 0.25) is 0 Å². The molecule has 0 bridgehead atoms. The number of nitro groups is 1. The number of nitrogens with one attached hydrogen (secondary N) is 1. The van der Waals surface area contributed by atoms with Crippen LogP contribution in [0.3, 0.4) is 0 Å². The van der Waals surface area contributed by atoms with Crippen LogP contribution in [0, 0.1) is 15.9 Å². The third-order valence-electron chi connectivity index (χ3n) is 3.17. The average Bonchev–Trinajstić information content (AvgIpc) is 2.47. The van der Waals surface area contributed by atoms with Gasteiger partial charge < -0.3 is 5.32 Å². The summed E-state index contributed by atoms with van der Waals surface area (Å²) in [4.78, 5) is 10.2. The van der Waals surface area contributed by atoms with Crippen molar-refractivity contribution in [3.63, 3.8) is 0 Å². The van der Waals surface area contributed by atoms with Gasteiger partial charge in [-0.25, -0.2) is 4.39 Å². The topological polar surface area (TPSA) is 55.2 Å². The monoisotopic (exact) mass is 352 g/mol. The van der Waals surface area contributed by atoms with Crippen molar-refractivity contribution in [3.8, 4) is 0 Å². The molecule has 110 valence electrons. The molecule has 2 rings (SSSR count). The number of benzene rings is 2. The van der Waals surface area contributed by atoms with E-state index in [0.29, 0.717) is 0 Å². The standard InChI is InChI=1S/C15H14BrFN2O2/c1-2-14(10-3-5-11(16)6-4-10)18-15-9-12(19(20)21)7-8-13(15)17/h3-9,14,18H,2H2,1H3. The van der Waals surface area contributed by atoms with Crippen LogP contribution >= 0.6 is 15.9 Å². The molecule has 4 nitrogen and oxygen atoms in total. The molecule has 6 heteroatoms. The molecule has 0 aliphatic rings. The van der Waals surface area contributed by atoms with E-state index >= 15 is 0 Å². The van der Waals surface area contributed by atoms with E-state index in [2.05, 4.69) is 21.2 Å². The van der Waals surface area contributed by atoms with Crippen molar-refractivity contribution in [2.24, 2.45) is 0 Å². The molecule has 0 saturated carbocycles. The van der Waals surface area contributed by atoms with Gasteiger partial charge in [-0.3, -0.25) is 10.1 Å². The molecule has 1 unspecified atom stereocenters. The molecule has 1 N–H and O–H groups in total.